The van der Waals surface area contributed by atoms with E-state index in [1.165, 1.54) is 0 Å². The van der Waals surface area contributed by atoms with Gasteiger partial charge in [-0.15, -0.1) is 0 Å². The van der Waals surface area contributed by atoms with Gasteiger partial charge in [0.15, 0.2) is 0 Å². The van der Waals surface area contributed by atoms with Gasteiger partial charge < -0.3 is 0 Å². The van der Waals surface area contributed by atoms with Gasteiger partial charge in [-0.05, 0) is 36.2 Å². The Morgan fingerprint density at radius 2 is 2.20 bits per heavy atom. The van der Waals surface area contributed by atoms with E-state index in [4.69, 9.17) is 17.4 Å². The summed E-state index contributed by atoms with van der Waals surface area (Å²) in [6.07, 6.45) is 1.67. The van der Waals surface area contributed by atoms with E-state index in [9.17, 15) is 0 Å². The molecule has 3 N–H and O–H groups in total. The Bertz CT molecular complexity index is 597. The van der Waals surface area contributed by atoms with Gasteiger partial charge >= 0.3 is 0 Å². The van der Waals surface area contributed by atoms with E-state index in [0.717, 1.165) is 34.3 Å². The van der Waals surface area contributed by atoms with Crippen molar-refractivity contribution in [3.63, 3.8) is 0 Å². The number of nitrogens with two attached hydrogens (primary N) is 1. The molecule has 0 saturated heterocycles. The third kappa shape index (κ3) is 3.41. The van der Waals surface area contributed by atoms with Crippen LogP contribution in [0.5, 0.6) is 0 Å². The van der Waals surface area contributed by atoms with E-state index in [-0.39, 0.29) is 6.04 Å². The van der Waals surface area contributed by atoms with E-state index in [1.54, 1.807) is 0 Å². The summed E-state index contributed by atoms with van der Waals surface area (Å²) in [4.78, 5) is 0. The number of nitrogens with one attached hydrogen (secondary N) is 1. The van der Waals surface area contributed by atoms with E-state index < -0.39 is 0 Å². The van der Waals surface area contributed by atoms with Gasteiger partial charge in [0.25, 0.3) is 0 Å². The van der Waals surface area contributed by atoms with Gasteiger partial charge in [0.05, 0.1) is 11.7 Å². The number of hydrogen-bond donors (Lipinski definition) is 2. The van der Waals surface area contributed by atoms with Gasteiger partial charge in [-0.1, -0.05) is 34.5 Å². The Morgan fingerprint density at radius 1 is 1.45 bits per heavy atom. The lowest BCUT2D eigenvalue weighted by atomic mass is 10.0. The van der Waals surface area contributed by atoms with Crippen LogP contribution in [-0.4, -0.2) is 9.78 Å². The van der Waals surface area contributed by atoms with E-state index in [0.29, 0.717) is 5.02 Å². The first-order valence-electron chi connectivity index (χ1n) is 6.48. The monoisotopic (exact) mass is 356 g/mol. The summed E-state index contributed by atoms with van der Waals surface area (Å²) in [6, 6.07) is 7.80. The molecule has 6 heteroatoms. The molecule has 0 aliphatic rings. The first kappa shape index (κ1) is 15.5. The highest BCUT2D eigenvalue weighted by Crippen LogP contribution is 2.28. The van der Waals surface area contributed by atoms with Gasteiger partial charge in [-0.3, -0.25) is 16.0 Å². The number of nitrogens with zero attached hydrogens (tertiary/aromatic N) is 2. The highest BCUT2D eigenvalue weighted by Gasteiger charge is 2.16. The van der Waals surface area contributed by atoms with Crippen molar-refractivity contribution in [1.82, 2.24) is 15.2 Å². The van der Waals surface area contributed by atoms with Crippen LogP contribution in [0.25, 0.3) is 0 Å². The highest BCUT2D eigenvalue weighted by molar-refractivity contribution is 9.10. The van der Waals surface area contributed by atoms with Gasteiger partial charge in [0.1, 0.15) is 0 Å². The van der Waals surface area contributed by atoms with Crippen molar-refractivity contribution in [3.8, 4) is 0 Å². The molecule has 1 atom stereocenters. The lowest BCUT2D eigenvalue weighted by molar-refractivity contribution is 0.528. The number of halogens is 2. The molecular weight excluding hydrogens is 340 g/mol. The Kier molecular flexibility index (Phi) is 5.21. The summed E-state index contributed by atoms with van der Waals surface area (Å²) < 4.78 is 2.89. The minimum atomic E-state index is -0.0248. The van der Waals surface area contributed by atoms with Crippen LogP contribution in [0.15, 0.2) is 28.7 Å². The number of hydrazine groups is 1. The summed E-state index contributed by atoms with van der Waals surface area (Å²) in [5.41, 5.74) is 6.12. The molecule has 0 fully saturated rings. The lowest BCUT2D eigenvalue weighted by Crippen LogP contribution is -2.30. The Balaban J connectivity index is 2.28. The number of rotatable bonds is 5. The van der Waals surface area contributed by atoms with Crippen LogP contribution in [0.2, 0.25) is 5.02 Å². The molecule has 0 spiro atoms. The third-order valence-corrected chi connectivity index (χ3v) is 4.29. The smallest absolute Gasteiger partial charge is 0.0624 e. The van der Waals surface area contributed by atoms with Crippen LogP contribution in [0.4, 0.5) is 0 Å². The van der Waals surface area contributed by atoms with Gasteiger partial charge in [0.2, 0.25) is 0 Å². The SMILES string of the molecule is CCc1cc(CC(NN)c2cc(Cl)ccc2Br)n(C)n1. The maximum atomic E-state index is 6.07. The molecule has 1 aromatic carbocycles. The first-order chi connectivity index (χ1) is 9.55. The van der Waals surface area contributed by atoms with Crippen molar-refractivity contribution >= 4 is 27.5 Å². The van der Waals surface area contributed by atoms with Crippen molar-refractivity contribution in [1.29, 1.82) is 0 Å². The molecule has 0 aliphatic heterocycles. The largest absolute Gasteiger partial charge is 0.272 e. The molecule has 0 aliphatic carbocycles. The van der Waals surface area contributed by atoms with E-state index >= 15 is 0 Å². The molecular formula is C14H18BrClN4. The van der Waals surface area contributed by atoms with Crippen molar-refractivity contribution in [2.45, 2.75) is 25.8 Å². The summed E-state index contributed by atoms with van der Waals surface area (Å²) in [5.74, 6) is 5.72. The van der Waals surface area contributed by atoms with Gasteiger partial charge in [0, 0.05) is 28.7 Å². The highest BCUT2D eigenvalue weighted by atomic mass is 79.9. The molecule has 2 rings (SSSR count). The predicted octanol–water partition coefficient (Wildman–Crippen LogP) is 3.15. The maximum Gasteiger partial charge on any atom is 0.0624 e. The predicted molar refractivity (Wildman–Crippen MR) is 85.5 cm³/mol. The summed E-state index contributed by atoms with van der Waals surface area (Å²) in [6.45, 7) is 2.10. The molecule has 4 nitrogen and oxygen atoms in total. The maximum absolute atomic E-state index is 6.07. The fourth-order valence-corrected chi connectivity index (χ4v) is 2.89. The molecule has 0 bridgehead atoms. The minimum absolute atomic E-state index is 0.0248. The molecule has 0 amide bonds. The van der Waals surface area contributed by atoms with Crippen molar-refractivity contribution in [3.05, 3.63) is 50.7 Å². The second kappa shape index (κ2) is 6.72. The molecule has 20 heavy (non-hydrogen) atoms. The zero-order valence-electron chi connectivity index (χ0n) is 11.5. The minimum Gasteiger partial charge on any atom is -0.272 e. The fourth-order valence-electron chi connectivity index (χ4n) is 2.18. The van der Waals surface area contributed by atoms with Crippen molar-refractivity contribution in [2.75, 3.05) is 0 Å². The molecule has 2 aromatic rings. The molecule has 1 aromatic heterocycles. The van der Waals surface area contributed by atoms with Crippen LogP contribution in [0.1, 0.15) is 29.9 Å². The quantitative estimate of drug-likeness (QED) is 0.638. The standard InChI is InChI=1S/C14H18BrClN4/c1-3-10-7-11(20(2)19-10)8-14(18-17)12-6-9(16)4-5-13(12)15/h4-7,14,18H,3,8,17H2,1-2H3. The summed E-state index contributed by atoms with van der Waals surface area (Å²) >= 11 is 9.62. The summed E-state index contributed by atoms with van der Waals surface area (Å²) in [5, 5.41) is 5.16. The number of hydrogen-bond acceptors (Lipinski definition) is 3. The fraction of sp³-hybridized carbons (Fsp3) is 0.357. The van der Waals surface area contributed by atoms with Gasteiger partial charge in [-0.25, -0.2) is 0 Å². The average Bonchev–Trinajstić information content (AvgIpc) is 2.79. The van der Waals surface area contributed by atoms with Crippen LogP contribution in [0.3, 0.4) is 0 Å². The Hall–Kier alpha value is -0.880. The molecule has 0 saturated carbocycles. The number of benzene rings is 1. The topological polar surface area (TPSA) is 55.9 Å². The number of aryl methyl sites for hydroxylation is 2. The Labute approximate surface area is 132 Å². The lowest BCUT2D eigenvalue weighted by Gasteiger charge is -2.18. The second-order valence-electron chi connectivity index (χ2n) is 4.69. The first-order valence-corrected chi connectivity index (χ1v) is 7.65. The zero-order chi connectivity index (χ0) is 14.7. The van der Waals surface area contributed by atoms with Crippen LogP contribution in [-0.2, 0) is 19.9 Å². The normalized spacial score (nSPS) is 12.7. The van der Waals surface area contributed by atoms with Crippen LogP contribution in [0, 0.1) is 0 Å². The second-order valence-corrected chi connectivity index (χ2v) is 5.98. The molecule has 1 heterocycles. The average molecular weight is 358 g/mol. The number of aromatic nitrogens is 2. The van der Waals surface area contributed by atoms with Crippen LogP contribution < -0.4 is 11.3 Å². The Morgan fingerprint density at radius 3 is 2.80 bits per heavy atom. The van der Waals surface area contributed by atoms with Crippen molar-refractivity contribution < 1.29 is 0 Å². The molecule has 0 radical (unpaired) electrons. The third-order valence-electron chi connectivity index (χ3n) is 3.34. The molecule has 108 valence electrons. The molecule has 1 unspecified atom stereocenters. The van der Waals surface area contributed by atoms with E-state index in [1.807, 2.05) is 29.9 Å². The van der Waals surface area contributed by atoms with Crippen LogP contribution >= 0.6 is 27.5 Å². The van der Waals surface area contributed by atoms with Gasteiger partial charge in [-0.2, -0.15) is 5.10 Å². The zero-order valence-corrected chi connectivity index (χ0v) is 13.9. The van der Waals surface area contributed by atoms with E-state index in [2.05, 4.69) is 39.4 Å². The summed E-state index contributed by atoms with van der Waals surface area (Å²) in [7, 11) is 1.95. The van der Waals surface area contributed by atoms with Crippen molar-refractivity contribution in [2.24, 2.45) is 12.9 Å².